The van der Waals surface area contributed by atoms with E-state index < -0.39 is 14.9 Å². The highest BCUT2D eigenvalue weighted by Gasteiger charge is 2.29. The second-order valence-corrected chi connectivity index (χ2v) is 10.2. The highest BCUT2D eigenvalue weighted by molar-refractivity contribution is 7.89. The van der Waals surface area contributed by atoms with Gasteiger partial charge in [0.05, 0.1) is 9.82 Å². The van der Waals surface area contributed by atoms with Gasteiger partial charge < -0.3 is 15.0 Å². The minimum atomic E-state index is -3.56. The number of anilines is 2. The Morgan fingerprint density at radius 2 is 1.66 bits per heavy atom. The summed E-state index contributed by atoms with van der Waals surface area (Å²) in [6.45, 7) is 4.29. The van der Waals surface area contributed by atoms with E-state index in [0.29, 0.717) is 45.0 Å². The zero-order valence-electron chi connectivity index (χ0n) is 19.5. The van der Waals surface area contributed by atoms with Gasteiger partial charge in [0.2, 0.25) is 10.0 Å². The van der Waals surface area contributed by atoms with Gasteiger partial charge in [0, 0.05) is 44.5 Å². The Morgan fingerprint density at radius 1 is 0.971 bits per heavy atom. The van der Waals surface area contributed by atoms with E-state index in [1.54, 1.807) is 36.4 Å². The van der Waals surface area contributed by atoms with Gasteiger partial charge in [0.15, 0.2) is 0 Å². The number of piperazine rings is 1. The van der Waals surface area contributed by atoms with E-state index in [2.05, 4.69) is 5.32 Å². The van der Waals surface area contributed by atoms with Crippen molar-refractivity contribution in [3.05, 3.63) is 88.5 Å². The van der Waals surface area contributed by atoms with E-state index in [1.807, 2.05) is 42.2 Å². The Labute approximate surface area is 205 Å². The molecule has 0 bridgehead atoms. The Hall–Kier alpha value is -3.63. The molecular formula is C25H28N4O5S. The molecule has 3 aromatic rings. The zero-order chi connectivity index (χ0) is 24.8. The van der Waals surface area contributed by atoms with Crippen LogP contribution >= 0.6 is 0 Å². The molecule has 0 amide bonds. The van der Waals surface area contributed by atoms with Crippen LogP contribution in [0.1, 0.15) is 5.56 Å². The van der Waals surface area contributed by atoms with E-state index >= 15 is 0 Å². The van der Waals surface area contributed by atoms with Gasteiger partial charge in [0.25, 0.3) is 5.69 Å². The summed E-state index contributed by atoms with van der Waals surface area (Å²) in [5.41, 5.74) is 2.19. The fourth-order valence-electron chi connectivity index (χ4n) is 3.94. The van der Waals surface area contributed by atoms with Crippen molar-refractivity contribution < 1.29 is 18.1 Å². The number of nitro benzene ring substituents is 1. The monoisotopic (exact) mass is 496 g/mol. The fraction of sp³-hybridized carbons (Fsp3) is 0.280. The minimum absolute atomic E-state index is 0.0194. The highest BCUT2D eigenvalue weighted by Crippen LogP contribution is 2.30. The van der Waals surface area contributed by atoms with Crippen LogP contribution in [-0.2, 0) is 10.0 Å². The van der Waals surface area contributed by atoms with Gasteiger partial charge in [-0.15, -0.1) is 0 Å². The van der Waals surface area contributed by atoms with Crippen LogP contribution in [0.2, 0.25) is 0 Å². The first kappa shape index (κ1) is 24.5. The molecule has 0 saturated carbocycles. The summed E-state index contributed by atoms with van der Waals surface area (Å²) in [5, 5.41) is 14.6. The molecule has 10 heteroatoms. The Bertz CT molecular complexity index is 1260. The van der Waals surface area contributed by atoms with Gasteiger partial charge in [-0.1, -0.05) is 35.9 Å². The molecule has 1 aliphatic rings. The van der Waals surface area contributed by atoms with Crippen LogP contribution in [0.25, 0.3) is 0 Å². The molecule has 1 N–H and O–H groups in total. The number of nitrogens with one attached hydrogen (secondary N) is 1. The van der Waals surface area contributed by atoms with E-state index in [0.717, 1.165) is 17.0 Å². The van der Waals surface area contributed by atoms with Gasteiger partial charge in [-0.2, -0.15) is 4.31 Å². The van der Waals surface area contributed by atoms with Crippen molar-refractivity contribution in [1.29, 1.82) is 0 Å². The topological polar surface area (TPSA) is 105 Å². The number of nitro groups is 1. The molecule has 0 atom stereocenters. The van der Waals surface area contributed by atoms with Gasteiger partial charge >= 0.3 is 0 Å². The van der Waals surface area contributed by atoms with Crippen molar-refractivity contribution in [2.45, 2.75) is 11.8 Å². The standard InChI is InChI=1S/C25H28N4O5S/c1-20-7-10-23(11-8-20)35(32,33)28-16-14-27(15-17-28)21-9-12-25(29(30)31)24(19-21)26-13-18-34-22-5-3-2-4-6-22/h2-12,19,26H,13-18H2,1H3. The molecule has 0 aliphatic carbocycles. The van der Waals surface area contributed by atoms with Gasteiger partial charge in [-0.25, -0.2) is 8.42 Å². The molecule has 0 aromatic heterocycles. The largest absolute Gasteiger partial charge is 0.492 e. The zero-order valence-corrected chi connectivity index (χ0v) is 20.3. The number of rotatable bonds is 9. The van der Waals surface area contributed by atoms with E-state index in [1.165, 1.54) is 10.4 Å². The van der Waals surface area contributed by atoms with Crippen molar-refractivity contribution in [2.75, 3.05) is 49.5 Å². The van der Waals surface area contributed by atoms with Crippen LogP contribution in [0.5, 0.6) is 5.75 Å². The smallest absolute Gasteiger partial charge is 0.292 e. The summed E-state index contributed by atoms with van der Waals surface area (Å²) in [4.78, 5) is 13.4. The number of hydrogen-bond donors (Lipinski definition) is 1. The summed E-state index contributed by atoms with van der Waals surface area (Å²) < 4.78 is 33.1. The van der Waals surface area contributed by atoms with Gasteiger partial charge in [-0.3, -0.25) is 10.1 Å². The number of aryl methyl sites for hydroxylation is 1. The number of benzene rings is 3. The summed E-state index contributed by atoms with van der Waals surface area (Å²) in [5.74, 6) is 0.732. The van der Waals surface area contributed by atoms with Crippen LogP contribution in [-0.4, -0.2) is 57.0 Å². The van der Waals surface area contributed by atoms with Crippen LogP contribution in [0.3, 0.4) is 0 Å². The maximum absolute atomic E-state index is 13.0. The molecular weight excluding hydrogens is 468 g/mol. The molecule has 1 fully saturated rings. The molecule has 1 aliphatic heterocycles. The number of ether oxygens (including phenoxy) is 1. The van der Waals surface area contributed by atoms with Crippen LogP contribution in [0.4, 0.5) is 17.1 Å². The van der Waals surface area contributed by atoms with Crippen molar-refractivity contribution in [1.82, 2.24) is 4.31 Å². The molecule has 1 saturated heterocycles. The molecule has 0 spiro atoms. The first-order valence-electron chi connectivity index (χ1n) is 11.4. The third-order valence-corrected chi connectivity index (χ3v) is 7.78. The van der Waals surface area contributed by atoms with E-state index in [9.17, 15) is 18.5 Å². The minimum Gasteiger partial charge on any atom is -0.492 e. The lowest BCUT2D eigenvalue weighted by molar-refractivity contribution is -0.383. The Morgan fingerprint density at radius 3 is 2.31 bits per heavy atom. The first-order chi connectivity index (χ1) is 16.8. The van der Waals surface area contributed by atoms with E-state index in [4.69, 9.17) is 4.74 Å². The maximum Gasteiger partial charge on any atom is 0.292 e. The SMILES string of the molecule is Cc1ccc(S(=O)(=O)N2CCN(c3ccc([N+](=O)[O-])c(NCCOc4ccccc4)c3)CC2)cc1. The normalized spacial score (nSPS) is 14.5. The molecule has 4 rings (SSSR count). The predicted octanol–water partition coefficient (Wildman–Crippen LogP) is 3.91. The third-order valence-electron chi connectivity index (χ3n) is 5.87. The number of sulfonamides is 1. The predicted molar refractivity (Wildman–Crippen MR) is 136 cm³/mol. The van der Waals surface area contributed by atoms with Gasteiger partial charge in [-0.05, 0) is 43.3 Å². The summed E-state index contributed by atoms with van der Waals surface area (Å²) in [7, 11) is -3.56. The lowest BCUT2D eigenvalue weighted by atomic mass is 10.2. The molecule has 1 heterocycles. The van der Waals surface area contributed by atoms with Crippen molar-refractivity contribution in [3.8, 4) is 5.75 Å². The first-order valence-corrected chi connectivity index (χ1v) is 12.8. The van der Waals surface area contributed by atoms with Crippen molar-refractivity contribution in [2.24, 2.45) is 0 Å². The number of nitrogens with zero attached hydrogens (tertiary/aromatic N) is 3. The average Bonchev–Trinajstić information content (AvgIpc) is 2.87. The second kappa shape index (κ2) is 10.7. The number of para-hydroxylation sites is 1. The number of hydrogen-bond acceptors (Lipinski definition) is 7. The molecule has 0 radical (unpaired) electrons. The summed E-state index contributed by atoms with van der Waals surface area (Å²) in [6, 6.07) is 21.1. The summed E-state index contributed by atoms with van der Waals surface area (Å²) in [6.07, 6.45) is 0. The van der Waals surface area contributed by atoms with Crippen LogP contribution in [0, 0.1) is 17.0 Å². The lowest BCUT2D eigenvalue weighted by Crippen LogP contribution is -2.48. The van der Waals surface area contributed by atoms with Crippen molar-refractivity contribution in [3.63, 3.8) is 0 Å². The second-order valence-electron chi connectivity index (χ2n) is 8.25. The lowest BCUT2D eigenvalue weighted by Gasteiger charge is -2.35. The third kappa shape index (κ3) is 5.90. The van der Waals surface area contributed by atoms with Gasteiger partial charge in [0.1, 0.15) is 18.0 Å². The Balaban J connectivity index is 1.40. The van der Waals surface area contributed by atoms with E-state index in [-0.39, 0.29) is 10.6 Å². The molecule has 9 nitrogen and oxygen atoms in total. The Kier molecular flexibility index (Phi) is 7.52. The summed E-state index contributed by atoms with van der Waals surface area (Å²) >= 11 is 0. The fourth-order valence-corrected chi connectivity index (χ4v) is 5.36. The van der Waals surface area contributed by atoms with Crippen molar-refractivity contribution >= 4 is 27.1 Å². The maximum atomic E-state index is 13.0. The van der Waals surface area contributed by atoms with Crippen LogP contribution < -0.4 is 15.0 Å². The molecule has 3 aromatic carbocycles. The molecule has 35 heavy (non-hydrogen) atoms. The highest BCUT2D eigenvalue weighted by atomic mass is 32.2. The quantitative estimate of drug-likeness (QED) is 0.272. The molecule has 184 valence electrons. The van der Waals surface area contributed by atoms with Crippen LogP contribution in [0.15, 0.2) is 77.7 Å². The molecule has 0 unspecified atom stereocenters. The average molecular weight is 497 g/mol.